The average molecular weight is 490 g/mol. The van der Waals surface area contributed by atoms with Gasteiger partial charge in [0.25, 0.3) is 0 Å². The highest BCUT2D eigenvalue weighted by Gasteiger charge is 2.35. The van der Waals surface area contributed by atoms with Gasteiger partial charge in [-0.3, -0.25) is 0 Å². The minimum atomic E-state index is -0.278. The normalized spacial score (nSPS) is 15.9. The monoisotopic (exact) mass is 489 g/mol. The van der Waals surface area contributed by atoms with Crippen molar-refractivity contribution in [2.45, 2.75) is 13.0 Å². The van der Waals surface area contributed by atoms with Gasteiger partial charge < -0.3 is 10.6 Å². The first-order chi connectivity index (χ1) is 17.6. The van der Waals surface area contributed by atoms with Crippen molar-refractivity contribution in [2.24, 2.45) is 5.73 Å². The second kappa shape index (κ2) is 9.10. The molecule has 0 amide bonds. The molecule has 4 aromatic carbocycles. The highest BCUT2D eigenvalue weighted by atomic mass is 32.1. The second-order valence-electron chi connectivity index (χ2n) is 8.92. The number of aromatic nitrogens is 1. The third-order valence-corrected chi connectivity index (χ3v) is 7.52. The molecule has 3 nitrogen and oxygen atoms in total. The van der Waals surface area contributed by atoms with E-state index in [2.05, 4.69) is 60.4 Å². The van der Waals surface area contributed by atoms with Crippen LogP contribution in [0.2, 0.25) is 0 Å². The number of fused-ring (bicyclic) bond motifs is 1. The van der Waals surface area contributed by atoms with E-state index >= 15 is 0 Å². The topological polar surface area (TPSA) is 42.1 Å². The van der Waals surface area contributed by atoms with E-state index in [1.165, 1.54) is 17.7 Å². The number of nitrogens with two attached hydrogens (primary N) is 1. The molecule has 1 unspecified atom stereocenters. The highest BCUT2D eigenvalue weighted by molar-refractivity contribution is 7.19. The van der Waals surface area contributed by atoms with Gasteiger partial charge in [0.1, 0.15) is 16.5 Å². The zero-order valence-corrected chi connectivity index (χ0v) is 20.5. The number of hydrogen-bond donors (Lipinski definition) is 1. The Morgan fingerprint density at radius 3 is 2.25 bits per heavy atom. The zero-order valence-electron chi connectivity index (χ0n) is 19.7. The molecular weight excluding hydrogens is 465 g/mol. The minimum Gasteiger partial charge on any atom is -0.397 e. The van der Waals surface area contributed by atoms with Crippen molar-refractivity contribution >= 4 is 38.5 Å². The maximum atomic E-state index is 14.0. The summed E-state index contributed by atoms with van der Waals surface area (Å²) in [7, 11) is 0. The Bertz CT molecular complexity index is 1570. The molecule has 0 spiro atoms. The second-order valence-corrected chi connectivity index (χ2v) is 9.95. The van der Waals surface area contributed by atoms with E-state index in [4.69, 9.17) is 10.7 Å². The van der Waals surface area contributed by atoms with Crippen LogP contribution in [-0.4, -0.2) is 4.98 Å². The lowest BCUT2D eigenvalue weighted by molar-refractivity contribution is 0.627. The van der Waals surface area contributed by atoms with Gasteiger partial charge >= 0.3 is 0 Å². The van der Waals surface area contributed by atoms with Crippen molar-refractivity contribution in [2.75, 3.05) is 4.90 Å². The van der Waals surface area contributed by atoms with E-state index < -0.39 is 0 Å². The largest absolute Gasteiger partial charge is 0.397 e. The maximum Gasteiger partial charge on any atom is 0.143 e. The van der Waals surface area contributed by atoms with Gasteiger partial charge in [0, 0.05) is 5.69 Å². The molecule has 6 rings (SSSR count). The lowest BCUT2D eigenvalue weighted by Crippen LogP contribution is -2.33. The van der Waals surface area contributed by atoms with Gasteiger partial charge in [-0.05, 0) is 66.1 Å². The summed E-state index contributed by atoms with van der Waals surface area (Å²) in [6.45, 7) is 2.08. The summed E-state index contributed by atoms with van der Waals surface area (Å²) < 4.78 is 15.1. The molecule has 0 aliphatic carbocycles. The number of allylic oxidation sites excluding steroid dienone is 1. The smallest absolute Gasteiger partial charge is 0.143 e. The molecule has 36 heavy (non-hydrogen) atoms. The van der Waals surface area contributed by atoms with Crippen molar-refractivity contribution in [1.82, 2.24) is 4.98 Å². The van der Waals surface area contributed by atoms with Crippen LogP contribution in [0.15, 0.2) is 115 Å². The molecule has 2 heterocycles. The van der Waals surface area contributed by atoms with Crippen molar-refractivity contribution < 1.29 is 4.39 Å². The molecule has 5 heteroatoms. The van der Waals surface area contributed by atoms with E-state index in [0.717, 1.165) is 43.3 Å². The molecule has 176 valence electrons. The number of thiazole rings is 1. The average Bonchev–Trinajstić information content (AvgIpc) is 3.33. The Balaban J connectivity index is 1.64. The third-order valence-electron chi connectivity index (χ3n) is 6.48. The first-order valence-corrected chi connectivity index (χ1v) is 12.6. The van der Waals surface area contributed by atoms with Crippen LogP contribution < -0.4 is 10.6 Å². The van der Waals surface area contributed by atoms with Gasteiger partial charge in [0.05, 0.1) is 22.0 Å². The number of rotatable bonds is 4. The van der Waals surface area contributed by atoms with Crippen LogP contribution in [0.3, 0.4) is 0 Å². The molecule has 0 saturated carbocycles. The lowest BCUT2D eigenvalue weighted by atomic mass is 9.87. The number of para-hydroxylation sites is 1. The first kappa shape index (κ1) is 22.3. The van der Waals surface area contributed by atoms with Crippen LogP contribution >= 0.6 is 11.3 Å². The Kier molecular flexibility index (Phi) is 5.62. The molecular formula is C31H24FN3S. The van der Waals surface area contributed by atoms with Crippen LogP contribution in [0.5, 0.6) is 0 Å². The van der Waals surface area contributed by atoms with Crippen molar-refractivity contribution in [1.29, 1.82) is 0 Å². The van der Waals surface area contributed by atoms with E-state index in [0.29, 0.717) is 5.70 Å². The van der Waals surface area contributed by atoms with Gasteiger partial charge in [-0.25, -0.2) is 9.37 Å². The molecule has 0 saturated heterocycles. The van der Waals surface area contributed by atoms with Crippen molar-refractivity contribution in [3.8, 4) is 0 Å². The SMILES string of the molecule is Cc1ccc(C2C(c3ccccc3)=CC(N)=C(c3nc4ccccc4s3)N2c2ccc(F)cc2)cc1. The Labute approximate surface area is 213 Å². The zero-order chi connectivity index (χ0) is 24.6. The van der Waals surface area contributed by atoms with Crippen LogP contribution in [0.25, 0.3) is 21.5 Å². The summed E-state index contributed by atoms with van der Waals surface area (Å²) in [5.74, 6) is -0.278. The molecule has 1 aromatic heterocycles. The standard InChI is InChI=1S/C31H24FN3S/c1-20-11-13-22(14-12-20)29-25(21-7-3-2-4-8-21)19-26(33)30(35(29)24-17-15-23(32)16-18-24)31-34-27-9-5-6-10-28(27)36-31/h2-19,29H,33H2,1H3. The number of hydrogen-bond acceptors (Lipinski definition) is 4. The number of nitrogens with zero attached hydrogens (tertiary/aromatic N) is 2. The third kappa shape index (κ3) is 3.97. The molecule has 2 N–H and O–H groups in total. The van der Waals surface area contributed by atoms with E-state index in [-0.39, 0.29) is 11.9 Å². The quantitative estimate of drug-likeness (QED) is 0.281. The number of aryl methyl sites for hydroxylation is 1. The molecule has 0 bridgehead atoms. The van der Waals surface area contributed by atoms with Gasteiger partial charge in [0.15, 0.2) is 0 Å². The van der Waals surface area contributed by atoms with Gasteiger partial charge in [-0.1, -0.05) is 72.3 Å². The Morgan fingerprint density at radius 1 is 0.833 bits per heavy atom. The summed E-state index contributed by atoms with van der Waals surface area (Å²) in [6.07, 6.45) is 2.07. The molecule has 1 aliphatic heterocycles. The minimum absolute atomic E-state index is 0.187. The summed E-state index contributed by atoms with van der Waals surface area (Å²) in [6, 6.07) is 33.4. The van der Waals surface area contributed by atoms with Crippen LogP contribution in [0, 0.1) is 12.7 Å². The summed E-state index contributed by atoms with van der Waals surface area (Å²) >= 11 is 1.61. The first-order valence-electron chi connectivity index (χ1n) is 11.8. The van der Waals surface area contributed by atoms with Gasteiger partial charge in [-0.2, -0.15) is 0 Å². The molecule has 0 fully saturated rings. The van der Waals surface area contributed by atoms with Crippen LogP contribution in [-0.2, 0) is 0 Å². The van der Waals surface area contributed by atoms with Crippen LogP contribution in [0.1, 0.15) is 27.7 Å². The van der Waals surface area contributed by atoms with E-state index in [1.807, 2.05) is 48.5 Å². The van der Waals surface area contributed by atoms with E-state index in [9.17, 15) is 4.39 Å². The van der Waals surface area contributed by atoms with Crippen LogP contribution in [0.4, 0.5) is 10.1 Å². The predicted molar refractivity (Wildman–Crippen MR) is 148 cm³/mol. The predicted octanol–water partition coefficient (Wildman–Crippen LogP) is 7.72. The van der Waals surface area contributed by atoms with Gasteiger partial charge in [0.2, 0.25) is 0 Å². The van der Waals surface area contributed by atoms with Crippen molar-refractivity contribution in [3.05, 3.63) is 142 Å². The van der Waals surface area contributed by atoms with Crippen molar-refractivity contribution in [3.63, 3.8) is 0 Å². The summed E-state index contributed by atoms with van der Waals surface area (Å²) in [4.78, 5) is 7.16. The highest BCUT2D eigenvalue weighted by Crippen LogP contribution is 2.47. The lowest BCUT2D eigenvalue weighted by Gasteiger charge is -2.40. The Hall–Kier alpha value is -4.22. The molecule has 1 aliphatic rings. The fourth-order valence-corrected chi connectivity index (χ4v) is 5.78. The Morgan fingerprint density at radius 2 is 1.53 bits per heavy atom. The fraction of sp³-hybridized carbons (Fsp3) is 0.0645. The molecule has 5 aromatic rings. The summed E-state index contributed by atoms with van der Waals surface area (Å²) in [5.41, 5.74) is 14.5. The fourth-order valence-electron chi connectivity index (χ4n) is 4.75. The van der Waals surface area contributed by atoms with Gasteiger partial charge in [-0.15, -0.1) is 11.3 Å². The molecule has 1 atom stereocenters. The summed E-state index contributed by atoms with van der Waals surface area (Å²) in [5, 5.41) is 0.832. The number of anilines is 1. The maximum absolute atomic E-state index is 14.0. The number of halogens is 1. The molecule has 0 radical (unpaired) electrons. The van der Waals surface area contributed by atoms with E-state index in [1.54, 1.807) is 11.3 Å². The number of benzene rings is 4.